The molecule has 3 aromatic heterocycles. The Bertz CT molecular complexity index is 1020. The first-order valence-electron chi connectivity index (χ1n) is 10.3. The lowest BCUT2D eigenvalue weighted by molar-refractivity contribution is 0.0658. The number of aryl methyl sites for hydroxylation is 2. The van der Waals surface area contributed by atoms with Gasteiger partial charge in [-0.2, -0.15) is 10.1 Å². The van der Waals surface area contributed by atoms with Crippen LogP contribution in [0.1, 0.15) is 72.2 Å². The van der Waals surface area contributed by atoms with Crippen molar-refractivity contribution in [2.45, 2.75) is 57.4 Å². The summed E-state index contributed by atoms with van der Waals surface area (Å²) in [5.74, 6) is 1.74. The number of rotatable bonds is 3. The summed E-state index contributed by atoms with van der Waals surface area (Å²) in [4.78, 5) is 19.9. The van der Waals surface area contributed by atoms with Gasteiger partial charge < -0.3 is 13.9 Å². The fourth-order valence-electron chi connectivity index (χ4n) is 4.33. The van der Waals surface area contributed by atoms with E-state index in [-0.39, 0.29) is 11.9 Å². The van der Waals surface area contributed by atoms with Gasteiger partial charge in [0, 0.05) is 31.8 Å². The Balaban J connectivity index is 1.45. The fourth-order valence-corrected chi connectivity index (χ4v) is 4.33. The van der Waals surface area contributed by atoms with E-state index in [4.69, 9.17) is 9.05 Å². The van der Waals surface area contributed by atoms with Gasteiger partial charge in [-0.1, -0.05) is 23.2 Å². The molecule has 3 aromatic rings. The van der Waals surface area contributed by atoms with Crippen LogP contribution in [0.15, 0.2) is 21.4 Å². The highest BCUT2D eigenvalue weighted by Gasteiger charge is 2.35. The number of aromatic nitrogens is 5. The maximum Gasteiger partial charge on any atom is 0.276 e. The van der Waals surface area contributed by atoms with Crippen LogP contribution in [0.4, 0.5) is 0 Å². The lowest BCUT2D eigenvalue weighted by atomic mass is 9.96. The van der Waals surface area contributed by atoms with Crippen molar-refractivity contribution < 1.29 is 13.8 Å². The molecule has 0 aromatic carbocycles. The average Bonchev–Trinajstić information content (AvgIpc) is 3.44. The van der Waals surface area contributed by atoms with Gasteiger partial charge in [-0.3, -0.25) is 9.48 Å². The van der Waals surface area contributed by atoms with Gasteiger partial charge in [0.1, 0.15) is 5.76 Å². The number of hydrogen-bond donors (Lipinski definition) is 0. The topological polar surface area (TPSA) is 103 Å². The Labute approximate surface area is 168 Å². The molecule has 0 N–H and O–H groups in total. The van der Waals surface area contributed by atoms with Crippen molar-refractivity contribution in [3.8, 4) is 11.5 Å². The molecule has 4 heterocycles. The van der Waals surface area contributed by atoms with Crippen LogP contribution in [0.3, 0.4) is 0 Å². The van der Waals surface area contributed by atoms with Crippen LogP contribution >= 0.6 is 0 Å². The SMILES string of the molecule is Cn1cc(-c2nc([C@H]3CCCCCN3C(=O)c3noc4c3CCCC4)no2)cn1. The fraction of sp³-hybridized carbons (Fsp3) is 0.550. The number of fused-ring (bicyclic) bond motifs is 1. The van der Waals surface area contributed by atoms with Crippen molar-refractivity contribution in [2.24, 2.45) is 7.05 Å². The van der Waals surface area contributed by atoms with Crippen LogP contribution in [-0.4, -0.2) is 42.4 Å². The molecule has 9 heteroatoms. The highest BCUT2D eigenvalue weighted by molar-refractivity contribution is 5.94. The largest absolute Gasteiger partial charge is 0.360 e. The number of carbonyl (C=O) groups excluding carboxylic acids is 1. The molecular formula is C20H24N6O3. The van der Waals surface area contributed by atoms with Crippen LogP contribution < -0.4 is 0 Å². The quantitative estimate of drug-likeness (QED) is 0.670. The average molecular weight is 396 g/mol. The van der Waals surface area contributed by atoms with Crippen molar-refractivity contribution >= 4 is 5.91 Å². The first-order valence-corrected chi connectivity index (χ1v) is 10.3. The van der Waals surface area contributed by atoms with Crippen molar-refractivity contribution in [3.05, 3.63) is 35.2 Å². The smallest absolute Gasteiger partial charge is 0.276 e. The van der Waals surface area contributed by atoms with Gasteiger partial charge in [0.2, 0.25) is 0 Å². The third-order valence-electron chi connectivity index (χ3n) is 5.86. The van der Waals surface area contributed by atoms with E-state index in [1.807, 2.05) is 18.1 Å². The van der Waals surface area contributed by atoms with E-state index in [2.05, 4.69) is 20.4 Å². The minimum Gasteiger partial charge on any atom is -0.360 e. The Kier molecular flexibility index (Phi) is 4.65. The maximum absolute atomic E-state index is 13.5. The molecule has 2 aliphatic rings. The molecule has 1 saturated heterocycles. The second kappa shape index (κ2) is 7.46. The zero-order chi connectivity index (χ0) is 19.8. The van der Waals surface area contributed by atoms with Gasteiger partial charge in [-0.05, 0) is 32.1 Å². The van der Waals surface area contributed by atoms with Crippen LogP contribution in [0.2, 0.25) is 0 Å². The lowest BCUT2D eigenvalue weighted by Gasteiger charge is -2.27. The summed E-state index contributed by atoms with van der Waals surface area (Å²) in [5.41, 5.74) is 2.21. The molecule has 0 saturated carbocycles. The van der Waals surface area contributed by atoms with E-state index < -0.39 is 0 Å². The summed E-state index contributed by atoms with van der Waals surface area (Å²) in [5, 5.41) is 12.5. The Hall–Kier alpha value is -2.97. The van der Waals surface area contributed by atoms with Crippen molar-refractivity contribution in [2.75, 3.05) is 6.54 Å². The standard InChI is InChI=1S/C20H24N6O3/c1-25-12-13(11-21-25)19-22-18(24-29-19)15-8-3-2-6-10-26(15)20(27)17-14-7-4-5-9-16(14)28-23-17/h11-12,15H,2-10H2,1H3/t15-/m1/s1. The lowest BCUT2D eigenvalue weighted by Crippen LogP contribution is -2.36. The molecule has 152 valence electrons. The predicted octanol–water partition coefficient (Wildman–Crippen LogP) is 3.09. The third kappa shape index (κ3) is 3.34. The van der Waals surface area contributed by atoms with Crippen LogP contribution in [0.5, 0.6) is 0 Å². The van der Waals surface area contributed by atoms with Crippen LogP contribution in [0.25, 0.3) is 11.5 Å². The summed E-state index contributed by atoms with van der Waals surface area (Å²) in [6.45, 7) is 0.655. The van der Waals surface area contributed by atoms with E-state index in [0.29, 0.717) is 24.0 Å². The van der Waals surface area contributed by atoms with E-state index in [0.717, 1.165) is 68.3 Å². The van der Waals surface area contributed by atoms with Gasteiger partial charge in [-0.15, -0.1) is 0 Å². The van der Waals surface area contributed by atoms with E-state index in [1.54, 1.807) is 10.9 Å². The molecule has 0 spiro atoms. The Morgan fingerprint density at radius 3 is 2.86 bits per heavy atom. The van der Waals surface area contributed by atoms with E-state index in [9.17, 15) is 4.79 Å². The van der Waals surface area contributed by atoms with Gasteiger partial charge in [-0.25, -0.2) is 0 Å². The molecule has 0 radical (unpaired) electrons. The van der Waals surface area contributed by atoms with E-state index >= 15 is 0 Å². The second-order valence-electron chi connectivity index (χ2n) is 7.86. The number of likely N-dealkylation sites (tertiary alicyclic amines) is 1. The normalized spacial score (nSPS) is 19.8. The minimum atomic E-state index is -0.227. The zero-order valence-electron chi connectivity index (χ0n) is 16.5. The summed E-state index contributed by atoms with van der Waals surface area (Å²) >= 11 is 0. The molecule has 1 aliphatic carbocycles. The summed E-state index contributed by atoms with van der Waals surface area (Å²) in [7, 11) is 1.84. The molecule has 0 unspecified atom stereocenters. The summed E-state index contributed by atoms with van der Waals surface area (Å²) in [6, 6.07) is -0.227. The van der Waals surface area contributed by atoms with Gasteiger partial charge in [0.25, 0.3) is 11.8 Å². The highest BCUT2D eigenvalue weighted by Crippen LogP contribution is 2.33. The minimum absolute atomic E-state index is 0.0865. The highest BCUT2D eigenvalue weighted by atomic mass is 16.5. The molecule has 1 amide bonds. The third-order valence-corrected chi connectivity index (χ3v) is 5.86. The number of carbonyl (C=O) groups is 1. The molecule has 29 heavy (non-hydrogen) atoms. The van der Waals surface area contributed by atoms with Crippen molar-refractivity contribution in [1.82, 2.24) is 30.0 Å². The molecule has 1 atom stereocenters. The molecule has 9 nitrogen and oxygen atoms in total. The van der Waals surface area contributed by atoms with Gasteiger partial charge >= 0.3 is 0 Å². The van der Waals surface area contributed by atoms with Gasteiger partial charge in [0.05, 0.1) is 17.8 Å². The Morgan fingerprint density at radius 2 is 2.00 bits per heavy atom. The summed E-state index contributed by atoms with van der Waals surface area (Å²) in [6.07, 6.45) is 11.2. The molecule has 5 rings (SSSR count). The molecule has 0 bridgehead atoms. The van der Waals surface area contributed by atoms with Crippen LogP contribution in [-0.2, 0) is 19.9 Å². The first kappa shape index (κ1) is 18.1. The first-order chi connectivity index (χ1) is 14.2. The second-order valence-corrected chi connectivity index (χ2v) is 7.86. The van der Waals surface area contributed by atoms with Gasteiger partial charge in [0.15, 0.2) is 11.5 Å². The monoisotopic (exact) mass is 396 g/mol. The summed E-state index contributed by atoms with van der Waals surface area (Å²) < 4.78 is 12.6. The van der Waals surface area contributed by atoms with Crippen molar-refractivity contribution in [3.63, 3.8) is 0 Å². The predicted molar refractivity (Wildman–Crippen MR) is 102 cm³/mol. The number of amides is 1. The molecule has 1 fully saturated rings. The molecular weight excluding hydrogens is 372 g/mol. The van der Waals surface area contributed by atoms with Crippen LogP contribution in [0, 0.1) is 0 Å². The molecule has 1 aliphatic heterocycles. The zero-order valence-corrected chi connectivity index (χ0v) is 16.5. The van der Waals surface area contributed by atoms with E-state index in [1.165, 1.54) is 0 Å². The van der Waals surface area contributed by atoms with Crippen molar-refractivity contribution in [1.29, 1.82) is 0 Å². The Morgan fingerprint density at radius 1 is 1.10 bits per heavy atom. The number of hydrogen-bond acceptors (Lipinski definition) is 7. The number of nitrogens with zero attached hydrogens (tertiary/aromatic N) is 6. The maximum atomic E-state index is 13.5.